The zero-order chi connectivity index (χ0) is 9.23. The highest BCUT2D eigenvalue weighted by Crippen LogP contribution is 1.87. The second-order valence-electron chi connectivity index (χ2n) is 2.64. The van der Waals surface area contributed by atoms with E-state index in [1.165, 1.54) is 0 Å². The van der Waals surface area contributed by atoms with Crippen LogP contribution >= 0.6 is 0 Å². The number of ether oxygens (including phenoxy) is 1. The van der Waals surface area contributed by atoms with E-state index >= 15 is 0 Å². The molecule has 70 valence electrons. The van der Waals surface area contributed by atoms with Crippen molar-refractivity contribution in [3.8, 4) is 6.07 Å². The molecule has 3 heteroatoms. The van der Waals surface area contributed by atoms with Crippen molar-refractivity contribution in [2.45, 2.75) is 20.3 Å². The minimum absolute atomic E-state index is 0.506. The SMILES string of the molecule is CCCOCCN(CC)CC#N. The minimum Gasteiger partial charge on any atom is -0.380 e. The average molecular weight is 170 g/mol. The second kappa shape index (κ2) is 8.51. The molecule has 0 unspecified atom stereocenters. The topological polar surface area (TPSA) is 36.3 Å². The normalized spacial score (nSPS) is 10.2. The van der Waals surface area contributed by atoms with Gasteiger partial charge in [-0.3, -0.25) is 4.90 Å². The molecule has 0 fully saturated rings. The lowest BCUT2D eigenvalue weighted by molar-refractivity contribution is 0.110. The maximum absolute atomic E-state index is 8.44. The van der Waals surface area contributed by atoms with E-state index < -0.39 is 0 Å². The summed E-state index contributed by atoms with van der Waals surface area (Å²) in [5.74, 6) is 0. The molecule has 0 amide bonds. The lowest BCUT2D eigenvalue weighted by atomic mass is 10.5. The molecule has 0 aromatic heterocycles. The van der Waals surface area contributed by atoms with Crippen LogP contribution in [0.2, 0.25) is 0 Å². The fraction of sp³-hybridized carbons (Fsp3) is 0.889. The van der Waals surface area contributed by atoms with Gasteiger partial charge in [-0.15, -0.1) is 0 Å². The fourth-order valence-corrected chi connectivity index (χ4v) is 0.889. The van der Waals surface area contributed by atoms with Crippen LogP contribution in [0.3, 0.4) is 0 Å². The third-order valence-corrected chi connectivity index (χ3v) is 1.64. The highest BCUT2D eigenvalue weighted by atomic mass is 16.5. The van der Waals surface area contributed by atoms with Crippen molar-refractivity contribution >= 4 is 0 Å². The minimum atomic E-state index is 0.506. The lowest BCUT2D eigenvalue weighted by Crippen LogP contribution is -2.27. The molecule has 0 rings (SSSR count). The van der Waals surface area contributed by atoms with Crippen molar-refractivity contribution in [2.24, 2.45) is 0 Å². The number of hydrogen-bond acceptors (Lipinski definition) is 3. The first-order valence-electron chi connectivity index (χ1n) is 4.52. The quantitative estimate of drug-likeness (QED) is 0.426. The van der Waals surface area contributed by atoms with E-state index in [1.807, 2.05) is 0 Å². The van der Waals surface area contributed by atoms with Gasteiger partial charge in [0, 0.05) is 13.2 Å². The number of likely N-dealkylation sites (N-methyl/N-ethyl adjacent to an activating group) is 1. The van der Waals surface area contributed by atoms with Crippen LogP contribution in [0.1, 0.15) is 20.3 Å². The summed E-state index contributed by atoms with van der Waals surface area (Å²) in [5, 5.41) is 8.44. The van der Waals surface area contributed by atoms with Crippen molar-refractivity contribution in [2.75, 3.05) is 32.8 Å². The van der Waals surface area contributed by atoms with Crippen molar-refractivity contribution in [1.82, 2.24) is 4.90 Å². The molecule has 0 aromatic rings. The molecular formula is C9H18N2O. The van der Waals surface area contributed by atoms with Crippen molar-refractivity contribution in [3.05, 3.63) is 0 Å². The molecule has 0 heterocycles. The smallest absolute Gasteiger partial charge is 0.0866 e. The summed E-state index contributed by atoms with van der Waals surface area (Å²) in [5.41, 5.74) is 0. The Balaban J connectivity index is 3.26. The van der Waals surface area contributed by atoms with Crippen LogP contribution in [0.4, 0.5) is 0 Å². The van der Waals surface area contributed by atoms with Gasteiger partial charge in [-0.1, -0.05) is 13.8 Å². The Hall–Kier alpha value is -0.590. The van der Waals surface area contributed by atoms with Gasteiger partial charge >= 0.3 is 0 Å². The highest BCUT2D eigenvalue weighted by Gasteiger charge is 1.99. The molecule has 3 nitrogen and oxygen atoms in total. The third-order valence-electron chi connectivity index (χ3n) is 1.64. The molecular weight excluding hydrogens is 152 g/mol. The summed E-state index contributed by atoms with van der Waals surface area (Å²) >= 11 is 0. The Bertz CT molecular complexity index is 131. The fourth-order valence-electron chi connectivity index (χ4n) is 0.889. The molecule has 0 aliphatic heterocycles. The van der Waals surface area contributed by atoms with E-state index in [0.717, 1.165) is 32.7 Å². The summed E-state index contributed by atoms with van der Waals surface area (Å²) in [4.78, 5) is 2.07. The first-order valence-corrected chi connectivity index (χ1v) is 4.52. The zero-order valence-corrected chi connectivity index (χ0v) is 8.05. The third kappa shape index (κ3) is 6.14. The van der Waals surface area contributed by atoms with Gasteiger partial charge in [0.2, 0.25) is 0 Å². The van der Waals surface area contributed by atoms with Crippen molar-refractivity contribution < 1.29 is 4.74 Å². The molecule has 0 saturated heterocycles. The molecule has 0 aromatic carbocycles. The first-order chi connectivity index (χ1) is 5.85. The number of rotatable bonds is 7. The molecule has 12 heavy (non-hydrogen) atoms. The summed E-state index contributed by atoms with van der Waals surface area (Å²) in [6, 6.07) is 2.13. The van der Waals surface area contributed by atoms with E-state index in [-0.39, 0.29) is 0 Å². The second-order valence-corrected chi connectivity index (χ2v) is 2.64. The number of nitriles is 1. The average Bonchev–Trinajstić information content (AvgIpc) is 2.10. The molecule has 0 bridgehead atoms. The van der Waals surface area contributed by atoms with E-state index in [0.29, 0.717) is 6.54 Å². The van der Waals surface area contributed by atoms with Gasteiger partial charge in [-0.2, -0.15) is 5.26 Å². The predicted octanol–water partition coefficient (Wildman–Crippen LogP) is 1.26. The van der Waals surface area contributed by atoms with Crippen LogP contribution in [0.15, 0.2) is 0 Å². The van der Waals surface area contributed by atoms with Crippen molar-refractivity contribution in [3.63, 3.8) is 0 Å². The lowest BCUT2D eigenvalue weighted by Gasteiger charge is -2.15. The molecule has 0 aliphatic rings. The van der Waals surface area contributed by atoms with E-state index in [1.54, 1.807) is 0 Å². The van der Waals surface area contributed by atoms with Gasteiger partial charge in [0.1, 0.15) is 0 Å². The summed E-state index contributed by atoms with van der Waals surface area (Å²) in [7, 11) is 0. The largest absolute Gasteiger partial charge is 0.380 e. The summed E-state index contributed by atoms with van der Waals surface area (Å²) in [6.45, 7) is 8.00. The molecule has 0 radical (unpaired) electrons. The molecule has 0 saturated carbocycles. The van der Waals surface area contributed by atoms with Gasteiger partial charge in [0.15, 0.2) is 0 Å². The molecule has 0 N–H and O–H groups in total. The first kappa shape index (κ1) is 11.4. The van der Waals surface area contributed by atoms with Crippen LogP contribution in [-0.2, 0) is 4.74 Å². The Morgan fingerprint density at radius 2 is 2.08 bits per heavy atom. The summed E-state index contributed by atoms with van der Waals surface area (Å²) in [6.07, 6.45) is 1.06. The standard InChI is InChI=1S/C9H18N2O/c1-3-8-12-9-7-11(4-2)6-5-10/h3-4,6-9H2,1-2H3. The van der Waals surface area contributed by atoms with E-state index in [2.05, 4.69) is 24.8 Å². The van der Waals surface area contributed by atoms with Gasteiger partial charge < -0.3 is 4.74 Å². The highest BCUT2D eigenvalue weighted by molar-refractivity contribution is 4.75. The van der Waals surface area contributed by atoms with Gasteiger partial charge in [0.25, 0.3) is 0 Å². The van der Waals surface area contributed by atoms with Crippen LogP contribution < -0.4 is 0 Å². The van der Waals surface area contributed by atoms with Crippen LogP contribution in [0.5, 0.6) is 0 Å². The number of nitrogens with zero attached hydrogens (tertiary/aromatic N) is 2. The Kier molecular flexibility index (Phi) is 8.09. The van der Waals surface area contributed by atoms with Crippen LogP contribution in [-0.4, -0.2) is 37.7 Å². The molecule has 0 spiro atoms. The maximum atomic E-state index is 8.44. The Morgan fingerprint density at radius 1 is 1.33 bits per heavy atom. The van der Waals surface area contributed by atoms with E-state index in [4.69, 9.17) is 10.00 Å². The number of hydrogen-bond donors (Lipinski definition) is 0. The maximum Gasteiger partial charge on any atom is 0.0866 e. The Labute approximate surface area is 74.9 Å². The van der Waals surface area contributed by atoms with E-state index in [9.17, 15) is 0 Å². The molecule has 0 aliphatic carbocycles. The van der Waals surface area contributed by atoms with Gasteiger partial charge in [0.05, 0.1) is 19.2 Å². The monoisotopic (exact) mass is 170 g/mol. The van der Waals surface area contributed by atoms with Gasteiger partial charge in [-0.05, 0) is 13.0 Å². The van der Waals surface area contributed by atoms with Crippen LogP contribution in [0.25, 0.3) is 0 Å². The van der Waals surface area contributed by atoms with Crippen LogP contribution in [0, 0.1) is 11.3 Å². The van der Waals surface area contributed by atoms with Crippen molar-refractivity contribution in [1.29, 1.82) is 5.26 Å². The Morgan fingerprint density at radius 3 is 2.58 bits per heavy atom. The zero-order valence-electron chi connectivity index (χ0n) is 8.05. The molecule has 0 atom stereocenters. The predicted molar refractivity (Wildman–Crippen MR) is 48.8 cm³/mol. The van der Waals surface area contributed by atoms with Gasteiger partial charge in [-0.25, -0.2) is 0 Å². The summed E-state index contributed by atoms with van der Waals surface area (Å²) < 4.78 is 5.31.